The number of sulfone groups is 1. The summed E-state index contributed by atoms with van der Waals surface area (Å²) in [6.45, 7) is 5.93. The van der Waals surface area contributed by atoms with Crippen molar-refractivity contribution in [2.45, 2.75) is 36.2 Å². The zero-order valence-corrected chi connectivity index (χ0v) is 14.5. The molecule has 2 rings (SSSR count). The molecule has 1 aromatic carbocycles. The largest absolute Gasteiger partial charge is 0.280 e. The molecule has 1 aromatic heterocycles. The Kier molecular flexibility index (Phi) is 4.85. The summed E-state index contributed by atoms with van der Waals surface area (Å²) >= 11 is 0. The van der Waals surface area contributed by atoms with Gasteiger partial charge in [-0.25, -0.2) is 13.4 Å². The van der Waals surface area contributed by atoms with Gasteiger partial charge in [0.05, 0.1) is 10.5 Å². The first-order valence-corrected chi connectivity index (χ1v) is 8.68. The maximum absolute atomic E-state index is 12.8. The van der Waals surface area contributed by atoms with Gasteiger partial charge in [-0.05, 0) is 29.0 Å². The smallest absolute Gasteiger partial charge is 0.224 e. The molecule has 0 radical (unpaired) electrons. The van der Waals surface area contributed by atoms with Gasteiger partial charge in [0.2, 0.25) is 21.6 Å². The van der Waals surface area contributed by atoms with Crippen molar-refractivity contribution < 1.29 is 18.0 Å². The zero-order chi connectivity index (χ0) is 17.1. The quantitative estimate of drug-likeness (QED) is 0.490. The van der Waals surface area contributed by atoms with E-state index < -0.39 is 9.84 Å². The molecule has 0 unspecified atom stereocenters. The van der Waals surface area contributed by atoms with Crippen molar-refractivity contribution in [2.75, 3.05) is 7.11 Å². The molecule has 0 fully saturated rings. The number of hydrogen-bond acceptors (Lipinski definition) is 4. The Bertz CT molecular complexity index is 807. The molecule has 0 aliphatic heterocycles. The van der Waals surface area contributed by atoms with Crippen molar-refractivity contribution in [3.63, 3.8) is 0 Å². The van der Waals surface area contributed by atoms with E-state index in [1.807, 2.05) is 20.8 Å². The number of hydroxylamine groups is 1. The van der Waals surface area contributed by atoms with Crippen LogP contribution in [0.15, 0.2) is 58.6 Å². The monoisotopic (exact) mass is 333 g/mol. The van der Waals surface area contributed by atoms with E-state index in [1.54, 1.807) is 54.5 Å². The summed E-state index contributed by atoms with van der Waals surface area (Å²) in [5, 5.41) is 0.0283. The second kappa shape index (κ2) is 6.50. The summed E-state index contributed by atoms with van der Waals surface area (Å²) < 4.78 is 27.3. The molecule has 0 saturated heterocycles. The standard InChI is InChI=1S/C17H21N2O3S/c1-17(2,3)19(22-4)13-14-9-5-6-10-15(14)23(20,21)16-11-7-8-12-18-16/h5-13H,1-4H3/q+1/b19-13-. The highest BCUT2D eigenvalue weighted by Crippen LogP contribution is 2.22. The molecule has 2 aromatic rings. The Labute approximate surface area is 137 Å². The van der Waals surface area contributed by atoms with Gasteiger partial charge in [0, 0.05) is 27.0 Å². The average Bonchev–Trinajstić information content (AvgIpc) is 2.52. The summed E-state index contributed by atoms with van der Waals surface area (Å²) in [6.07, 6.45) is 3.16. The van der Waals surface area contributed by atoms with Gasteiger partial charge >= 0.3 is 0 Å². The normalized spacial score (nSPS) is 13.0. The molecular formula is C17H21N2O3S+. The number of aromatic nitrogens is 1. The van der Waals surface area contributed by atoms with Crippen LogP contribution >= 0.6 is 0 Å². The van der Waals surface area contributed by atoms with Crippen LogP contribution in [0.4, 0.5) is 0 Å². The van der Waals surface area contributed by atoms with Gasteiger partial charge in [0.15, 0.2) is 5.03 Å². The molecule has 23 heavy (non-hydrogen) atoms. The fraction of sp³-hybridized carbons (Fsp3) is 0.294. The molecular weight excluding hydrogens is 312 g/mol. The number of pyridine rings is 1. The summed E-state index contributed by atoms with van der Waals surface area (Å²) in [5.41, 5.74) is 0.242. The first-order valence-electron chi connectivity index (χ1n) is 7.20. The van der Waals surface area contributed by atoms with E-state index in [2.05, 4.69) is 4.98 Å². The SMILES string of the molecule is CO/[N+](=C\c1ccccc1S(=O)(=O)c1ccccn1)C(C)(C)C. The molecule has 0 amide bonds. The van der Waals surface area contributed by atoms with E-state index in [0.717, 1.165) is 0 Å². The minimum absolute atomic E-state index is 0.0283. The topological polar surface area (TPSA) is 59.3 Å². The van der Waals surface area contributed by atoms with Gasteiger partial charge < -0.3 is 0 Å². The van der Waals surface area contributed by atoms with Crippen LogP contribution in [0.5, 0.6) is 0 Å². The van der Waals surface area contributed by atoms with E-state index in [1.165, 1.54) is 12.3 Å². The Morgan fingerprint density at radius 2 is 1.74 bits per heavy atom. The van der Waals surface area contributed by atoms with Gasteiger partial charge in [0.25, 0.3) is 0 Å². The molecule has 1 heterocycles. The van der Waals surface area contributed by atoms with Crippen LogP contribution < -0.4 is 0 Å². The summed E-state index contributed by atoms with van der Waals surface area (Å²) in [4.78, 5) is 9.53. The number of hydrogen-bond donors (Lipinski definition) is 0. The van der Waals surface area contributed by atoms with Crippen molar-refractivity contribution in [1.82, 2.24) is 4.98 Å². The van der Waals surface area contributed by atoms with Crippen molar-refractivity contribution in [3.05, 3.63) is 54.2 Å². The zero-order valence-electron chi connectivity index (χ0n) is 13.7. The molecule has 122 valence electrons. The predicted octanol–water partition coefficient (Wildman–Crippen LogP) is 2.71. The fourth-order valence-corrected chi connectivity index (χ4v) is 3.47. The van der Waals surface area contributed by atoms with Crippen LogP contribution in [0.1, 0.15) is 26.3 Å². The molecule has 6 heteroatoms. The van der Waals surface area contributed by atoms with Crippen LogP contribution in [0.25, 0.3) is 0 Å². The van der Waals surface area contributed by atoms with Crippen LogP contribution in [0.3, 0.4) is 0 Å². The summed E-state index contributed by atoms with van der Waals surface area (Å²) in [6, 6.07) is 11.6. The molecule has 0 bridgehead atoms. The molecule has 5 nitrogen and oxygen atoms in total. The molecule has 0 aliphatic rings. The second-order valence-corrected chi connectivity index (χ2v) is 7.88. The van der Waals surface area contributed by atoms with E-state index in [4.69, 9.17) is 4.84 Å². The molecule has 0 saturated carbocycles. The van der Waals surface area contributed by atoms with Crippen molar-refractivity contribution in [1.29, 1.82) is 0 Å². The Hall–Kier alpha value is -2.21. The van der Waals surface area contributed by atoms with Gasteiger partial charge in [-0.2, -0.15) is 0 Å². The van der Waals surface area contributed by atoms with Crippen LogP contribution in [-0.2, 0) is 14.7 Å². The number of rotatable bonds is 4. The highest BCUT2D eigenvalue weighted by Gasteiger charge is 2.28. The molecule has 0 spiro atoms. The van der Waals surface area contributed by atoms with E-state index in [-0.39, 0.29) is 15.5 Å². The third kappa shape index (κ3) is 3.76. The third-order valence-corrected chi connectivity index (χ3v) is 4.98. The Morgan fingerprint density at radius 1 is 1.09 bits per heavy atom. The van der Waals surface area contributed by atoms with Crippen molar-refractivity contribution in [2.24, 2.45) is 0 Å². The highest BCUT2D eigenvalue weighted by molar-refractivity contribution is 7.91. The fourth-order valence-electron chi connectivity index (χ4n) is 2.10. The highest BCUT2D eigenvalue weighted by atomic mass is 32.2. The number of nitrogens with zero attached hydrogens (tertiary/aromatic N) is 2. The minimum Gasteiger partial charge on any atom is -0.280 e. The lowest BCUT2D eigenvalue weighted by atomic mass is 10.1. The minimum atomic E-state index is -3.69. The van der Waals surface area contributed by atoms with Crippen molar-refractivity contribution >= 4 is 16.1 Å². The van der Waals surface area contributed by atoms with Gasteiger partial charge in [-0.1, -0.05) is 18.2 Å². The van der Waals surface area contributed by atoms with E-state index in [9.17, 15) is 8.42 Å². The lowest BCUT2D eigenvalue weighted by Crippen LogP contribution is -2.33. The van der Waals surface area contributed by atoms with Gasteiger partial charge in [-0.3, -0.25) is 4.84 Å². The van der Waals surface area contributed by atoms with Gasteiger partial charge in [-0.15, -0.1) is 0 Å². The molecule has 0 aliphatic carbocycles. The van der Waals surface area contributed by atoms with Crippen LogP contribution in [0, 0.1) is 0 Å². The maximum atomic E-state index is 12.8. The van der Waals surface area contributed by atoms with Crippen LogP contribution in [-0.4, -0.2) is 37.0 Å². The summed E-state index contributed by atoms with van der Waals surface area (Å²) in [7, 11) is -2.14. The Morgan fingerprint density at radius 3 is 2.30 bits per heavy atom. The molecule has 0 N–H and O–H groups in total. The molecule has 0 atom stereocenters. The average molecular weight is 333 g/mol. The third-order valence-electron chi connectivity index (χ3n) is 3.24. The maximum Gasteiger partial charge on any atom is 0.224 e. The van der Waals surface area contributed by atoms with Crippen LogP contribution in [0.2, 0.25) is 0 Å². The summed E-state index contributed by atoms with van der Waals surface area (Å²) in [5.74, 6) is 0. The second-order valence-electron chi connectivity index (χ2n) is 6.02. The predicted molar refractivity (Wildman–Crippen MR) is 88.3 cm³/mol. The van der Waals surface area contributed by atoms with E-state index >= 15 is 0 Å². The first-order chi connectivity index (χ1) is 10.8. The first kappa shape index (κ1) is 17.1. The van der Waals surface area contributed by atoms with Gasteiger partial charge in [0.1, 0.15) is 7.11 Å². The number of benzene rings is 1. The van der Waals surface area contributed by atoms with E-state index in [0.29, 0.717) is 5.56 Å². The Balaban J connectivity index is 2.61. The van der Waals surface area contributed by atoms with Crippen molar-refractivity contribution in [3.8, 4) is 0 Å². The lowest BCUT2D eigenvalue weighted by Gasteiger charge is -2.14. The lowest BCUT2D eigenvalue weighted by molar-refractivity contribution is -0.821.